The molecule has 0 bridgehead atoms. The van der Waals surface area contributed by atoms with Crippen LogP contribution in [-0.4, -0.2) is 48.6 Å². The number of H-pyrrole nitrogens is 1. The molecule has 0 unspecified atom stereocenters. The number of hydrogen-bond acceptors (Lipinski definition) is 4. The summed E-state index contributed by atoms with van der Waals surface area (Å²) in [6.45, 7) is 4.02. The maximum Gasteiger partial charge on any atom is 0.260 e. The molecule has 0 radical (unpaired) electrons. The fourth-order valence-electron chi connectivity index (χ4n) is 2.84. The average Bonchev–Trinajstić information content (AvgIpc) is 2.62. The van der Waals surface area contributed by atoms with Crippen LogP contribution in [0.15, 0.2) is 41.3 Å². The number of piperazine rings is 1. The Kier molecular flexibility index (Phi) is 5.02. The summed E-state index contributed by atoms with van der Waals surface area (Å²) in [5, 5.41) is 0. The first-order chi connectivity index (χ1) is 12.0. The molecule has 0 spiro atoms. The van der Waals surface area contributed by atoms with E-state index in [1.807, 2.05) is 0 Å². The van der Waals surface area contributed by atoms with E-state index in [0.29, 0.717) is 31.9 Å². The zero-order valence-corrected chi connectivity index (χ0v) is 14.0. The van der Waals surface area contributed by atoms with Crippen LogP contribution >= 0.6 is 0 Å². The summed E-state index contributed by atoms with van der Waals surface area (Å²) >= 11 is 0. The van der Waals surface area contributed by atoms with Crippen LogP contribution < -0.4 is 15.1 Å². The van der Waals surface area contributed by atoms with E-state index >= 15 is 0 Å². The van der Waals surface area contributed by atoms with E-state index in [1.165, 1.54) is 18.2 Å². The number of pyridine rings is 1. The van der Waals surface area contributed by atoms with Crippen molar-refractivity contribution in [2.45, 2.75) is 6.92 Å². The molecule has 0 atom stereocenters. The highest BCUT2D eigenvalue weighted by Gasteiger charge is 2.22. The van der Waals surface area contributed by atoms with Gasteiger partial charge in [0.2, 0.25) is 5.43 Å². The summed E-state index contributed by atoms with van der Waals surface area (Å²) in [6.07, 6.45) is 1.54. The molecule has 2 heterocycles. The van der Waals surface area contributed by atoms with Gasteiger partial charge in [-0.05, 0) is 31.2 Å². The van der Waals surface area contributed by atoms with Crippen LogP contribution in [0.5, 0.6) is 5.75 Å². The maximum absolute atomic E-state index is 13.0. The summed E-state index contributed by atoms with van der Waals surface area (Å²) in [5.74, 6) is -0.233. The van der Waals surface area contributed by atoms with Gasteiger partial charge in [0, 0.05) is 44.1 Å². The number of carbonyl (C=O) groups is 1. The largest absolute Gasteiger partial charge is 0.478 e. The van der Waals surface area contributed by atoms with Gasteiger partial charge in [-0.3, -0.25) is 9.59 Å². The van der Waals surface area contributed by atoms with Gasteiger partial charge in [0.25, 0.3) is 5.91 Å². The Morgan fingerprint density at radius 3 is 2.48 bits per heavy atom. The molecule has 25 heavy (non-hydrogen) atoms. The molecule has 3 rings (SSSR count). The van der Waals surface area contributed by atoms with Crippen LogP contribution in [0.2, 0.25) is 0 Å². The number of rotatable bonds is 4. The third kappa shape index (κ3) is 3.99. The van der Waals surface area contributed by atoms with Crippen molar-refractivity contribution in [1.29, 1.82) is 0 Å². The molecular formula is C18H20FN3O3. The third-order valence-electron chi connectivity index (χ3n) is 4.26. The quantitative estimate of drug-likeness (QED) is 0.913. The summed E-state index contributed by atoms with van der Waals surface area (Å²) in [6, 6.07) is 7.70. The Morgan fingerprint density at radius 1 is 1.16 bits per heavy atom. The van der Waals surface area contributed by atoms with Gasteiger partial charge < -0.3 is 19.5 Å². The predicted molar refractivity (Wildman–Crippen MR) is 92.5 cm³/mol. The van der Waals surface area contributed by atoms with E-state index in [0.717, 1.165) is 5.69 Å². The minimum absolute atomic E-state index is 0.151. The highest BCUT2D eigenvalue weighted by molar-refractivity contribution is 5.78. The molecule has 132 valence electrons. The fraction of sp³-hybridized carbons (Fsp3) is 0.333. The molecule has 1 amide bonds. The number of aromatic nitrogens is 1. The molecule has 2 aromatic rings. The number of nitrogens with one attached hydrogen (secondary N) is 1. The lowest BCUT2D eigenvalue weighted by atomic mass is 10.2. The normalized spacial score (nSPS) is 14.5. The molecule has 1 aromatic heterocycles. The van der Waals surface area contributed by atoms with Gasteiger partial charge in [-0.25, -0.2) is 4.39 Å². The number of aromatic amines is 1. The Bertz CT molecular complexity index is 796. The van der Waals surface area contributed by atoms with E-state index in [2.05, 4.69) is 9.88 Å². The topological polar surface area (TPSA) is 65.6 Å². The number of ether oxygens (including phenoxy) is 1. The molecule has 1 N–H and O–H groups in total. The summed E-state index contributed by atoms with van der Waals surface area (Å²) in [7, 11) is 0. The summed E-state index contributed by atoms with van der Waals surface area (Å²) in [5.41, 5.74) is 1.29. The molecular weight excluding hydrogens is 325 g/mol. The van der Waals surface area contributed by atoms with Crippen molar-refractivity contribution < 1.29 is 13.9 Å². The predicted octanol–water partition coefficient (Wildman–Crippen LogP) is 1.55. The minimum Gasteiger partial charge on any atom is -0.478 e. The lowest BCUT2D eigenvalue weighted by Gasteiger charge is -2.36. The first-order valence-corrected chi connectivity index (χ1v) is 8.14. The molecule has 1 saturated heterocycles. The number of benzene rings is 1. The number of nitrogens with zero attached hydrogens (tertiary/aromatic N) is 2. The van der Waals surface area contributed by atoms with E-state index in [4.69, 9.17) is 4.74 Å². The summed E-state index contributed by atoms with van der Waals surface area (Å²) in [4.78, 5) is 30.8. The summed E-state index contributed by atoms with van der Waals surface area (Å²) < 4.78 is 18.4. The molecule has 0 aliphatic carbocycles. The Labute approximate surface area is 144 Å². The highest BCUT2D eigenvalue weighted by Crippen LogP contribution is 2.17. The number of amides is 1. The zero-order valence-electron chi connectivity index (χ0n) is 14.0. The van der Waals surface area contributed by atoms with Gasteiger partial charge >= 0.3 is 0 Å². The van der Waals surface area contributed by atoms with Gasteiger partial charge in [0.05, 0.1) is 5.69 Å². The first-order valence-electron chi connectivity index (χ1n) is 8.14. The number of hydrogen-bond donors (Lipinski definition) is 1. The van der Waals surface area contributed by atoms with Crippen LogP contribution in [0.25, 0.3) is 0 Å². The second-order valence-corrected chi connectivity index (χ2v) is 5.93. The van der Waals surface area contributed by atoms with E-state index < -0.39 is 0 Å². The Balaban J connectivity index is 1.53. The molecule has 1 aliphatic heterocycles. The SMILES string of the molecule is Cc1[nH]ccc(=O)c1OCC(=O)N1CCN(c2ccc(F)cc2)CC1. The highest BCUT2D eigenvalue weighted by atomic mass is 19.1. The molecule has 1 aromatic carbocycles. The second kappa shape index (κ2) is 7.38. The van der Waals surface area contributed by atoms with Gasteiger partial charge in [0.1, 0.15) is 5.82 Å². The fourth-order valence-corrected chi connectivity index (χ4v) is 2.84. The van der Waals surface area contributed by atoms with Crippen LogP contribution in [-0.2, 0) is 4.79 Å². The van der Waals surface area contributed by atoms with Crippen molar-refractivity contribution in [3.63, 3.8) is 0 Å². The van der Waals surface area contributed by atoms with Crippen molar-refractivity contribution >= 4 is 11.6 Å². The van der Waals surface area contributed by atoms with Gasteiger partial charge in [-0.15, -0.1) is 0 Å². The van der Waals surface area contributed by atoms with E-state index in [1.54, 1.807) is 30.2 Å². The van der Waals surface area contributed by atoms with Crippen molar-refractivity contribution in [3.05, 3.63) is 58.3 Å². The molecule has 6 nitrogen and oxygen atoms in total. The lowest BCUT2D eigenvalue weighted by molar-refractivity contribution is -0.133. The number of anilines is 1. The van der Waals surface area contributed by atoms with Crippen LogP contribution in [0, 0.1) is 12.7 Å². The molecule has 7 heteroatoms. The lowest BCUT2D eigenvalue weighted by Crippen LogP contribution is -2.50. The van der Waals surface area contributed by atoms with Crippen molar-refractivity contribution in [3.8, 4) is 5.75 Å². The van der Waals surface area contributed by atoms with Gasteiger partial charge in [-0.1, -0.05) is 0 Å². The molecule has 1 fully saturated rings. The average molecular weight is 345 g/mol. The van der Waals surface area contributed by atoms with Crippen LogP contribution in [0.3, 0.4) is 0 Å². The number of carbonyl (C=O) groups excluding carboxylic acids is 1. The van der Waals surface area contributed by atoms with E-state index in [9.17, 15) is 14.0 Å². The van der Waals surface area contributed by atoms with Crippen molar-refractivity contribution in [1.82, 2.24) is 9.88 Å². The molecule has 1 aliphatic rings. The maximum atomic E-state index is 13.0. The number of aryl methyl sites for hydroxylation is 1. The zero-order chi connectivity index (χ0) is 17.8. The Morgan fingerprint density at radius 2 is 1.84 bits per heavy atom. The second-order valence-electron chi connectivity index (χ2n) is 5.93. The molecule has 0 saturated carbocycles. The van der Waals surface area contributed by atoms with Crippen molar-refractivity contribution in [2.24, 2.45) is 0 Å². The van der Waals surface area contributed by atoms with E-state index in [-0.39, 0.29) is 29.5 Å². The minimum atomic E-state index is -0.263. The van der Waals surface area contributed by atoms with Crippen LogP contribution in [0.1, 0.15) is 5.69 Å². The standard InChI is InChI=1S/C18H20FN3O3/c1-13-18(16(23)6-7-20-13)25-12-17(24)22-10-8-21(9-11-22)15-4-2-14(19)3-5-15/h2-7H,8-12H2,1H3,(H,20,23). The van der Waals surface area contributed by atoms with Crippen molar-refractivity contribution in [2.75, 3.05) is 37.7 Å². The first kappa shape index (κ1) is 17.0. The monoisotopic (exact) mass is 345 g/mol. The third-order valence-corrected chi connectivity index (χ3v) is 4.26. The Hall–Kier alpha value is -2.83. The van der Waals surface area contributed by atoms with Gasteiger partial charge in [-0.2, -0.15) is 0 Å². The van der Waals surface area contributed by atoms with Gasteiger partial charge in [0.15, 0.2) is 12.4 Å². The smallest absolute Gasteiger partial charge is 0.260 e. The number of halogens is 1. The van der Waals surface area contributed by atoms with Crippen LogP contribution in [0.4, 0.5) is 10.1 Å².